The van der Waals surface area contributed by atoms with Gasteiger partial charge in [0.2, 0.25) is 5.91 Å². The molecule has 0 aliphatic carbocycles. The topological polar surface area (TPSA) is 74.6 Å². The van der Waals surface area contributed by atoms with Crippen molar-refractivity contribution in [3.63, 3.8) is 0 Å². The van der Waals surface area contributed by atoms with Crippen molar-refractivity contribution in [2.24, 2.45) is 13.0 Å². The summed E-state index contributed by atoms with van der Waals surface area (Å²) in [4.78, 5) is 17.7. The third kappa shape index (κ3) is 3.96. The molecule has 1 aliphatic heterocycles. The van der Waals surface area contributed by atoms with E-state index in [0.29, 0.717) is 24.5 Å². The lowest BCUT2D eigenvalue weighted by atomic mass is 9.95. The maximum atomic E-state index is 13.2. The second-order valence-corrected chi connectivity index (χ2v) is 7.30. The van der Waals surface area contributed by atoms with Gasteiger partial charge in [-0.3, -0.25) is 4.79 Å². The molecule has 2 heterocycles. The number of carbonyl (C=O) groups excluding carboxylic acids is 1. The van der Waals surface area contributed by atoms with Gasteiger partial charge in [-0.25, -0.2) is 4.98 Å². The molecule has 30 heavy (non-hydrogen) atoms. The highest BCUT2D eigenvalue weighted by molar-refractivity contribution is 5.80. The molecule has 1 aromatic heterocycles. The molecule has 1 N–H and O–H groups in total. The van der Waals surface area contributed by atoms with Crippen LogP contribution in [-0.2, 0) is 18.3 Å². The molecule has 0 spiro atoms. The Labute approximate surface area is 175 Å². The SMILES string of the molecule is COc1cc(OC)cc([C@H](NC(=O)[C@H]2COc3ccccc3C2)c2nccn2C)c1. The molecule has 1 aliphatic rings. The Morgan fingerprint density at radius 1 is 1.20 bits per heavy atom. The zero-order chi connectivity index (χ0) is 21.1. The zero-order valence-electron chi connectivity index (χ0n) is 17.3. The van der Waals surface area contributed by atoms with E-state index in [1.54, 1.807) is 26.5 Å². The van der Waals surface area contributed by atoms with Gasteiger partial charge >= 0.3 is 0 Å². The fraction of sp³-hybridized carbons (Fsp3) is 0.304. The first-order valence-electron chi connectivity index (χ1n) is 9.80. The number of imidazole rings is 1. The Balaban J connectivity index is 1.63. The summed E-state index contributed by atoms with van der Waals surface area (Å²) in [6.07, 6.45) is 4.20. The molecule has 0 radical (unpaired) electrons. The molecule has 0 saturated heterocycles. The molecular formula is C23H25N3O4. The number of methoxy groups -OCH3 is 2. The first-order valence-corrected chi connectivity index (χ1v) is 9.80. The fourth-order valence-electron chi connectivity index (χ4n) is 3.70. The summed E-state index contributed by atoms with van der Waals surface area (Å²) in [6.45, 7) is 0.345. The molecule has 7 heteroatoms. The second kappa shape index (κ2) is 8.49. The van der Waals surface area contributed by atoms with Gasteiger partial charge < -0.3 is 24.1 Å². The van der Waals surface area contributed by atoms with Gasteiger partial charge in [-0.05, 0) is 35.7 Å². The van der Waals surface area contributed by atoms with E-state index >= 15 is 0 Å². The first kappa shape index (κ1) is 19.8. The average molecular weight is 407 g/mol. The number of fused-ring (bicyclic) bond motifs is 1. The Morgan fingerprint density at radius 3 is 2.60 bits per heavy atom. The van der Waals surface area contributed by atoms with Crippen LogP contribution in [0.1, 0.15) is 23.0 Å². The highest BCUT2D eigenvalue weighted by atomic mass is 16.5. The van der Waals surface area contributed by atoms with E-state index in [4.69, 9.17) is 14.2 Å². The summed E-state index contributed by atoms with van der Waals surface area (Å²) in [5.41, 5.74) is 1.87. The Hall–Kier alpha value is -3.48. The number of carbonyl (C=O) groups is 1. The number of benzene rings is 2. The van der Waals surface area contributed by atoms with E-state index < -0.39 is 6.04 Å². The number of aromatic nitrogens is 2. The Kier molecular flexibility index (Phi) is 5.61. The van der Waals surface area contributed by atoms with Gasteiger partial charge in [0.25, 0.3) is 0 Å². The Bertz CT molecular complexity index is 1020. The zero-order valence-corrected chi connectivity index (χ0v) is 17.3. The summed E-state index contributed by atoms with van der Waals surface area (Å²) in [6, 6.07) is 12.9. The molecule has 3 aromatic rings. The number of hydrogen-bond donors (Lipinski definition) is 1. The largest absolute Gasteiger partial charge is 0.497 e. The molecule has 156 valence electrons. The normalized spacial score (nSPS) is 16.2. The number of amides is 1. The number of para-hydroxylation sites is 1. The monoisotopic (exact) mass is 407 g/mol. The van der Waals surface area contributed by atoms with Crippen LogP contribution in [0.4, 0.5) is 0 Å². The number of ether oxygens (including phenoxy) is 3. The van der Waals surface area contributed by atoms with Crippen molar-refractivity contribution in [2.75, 3.05) is 20.8 Å². The van der Waals surface area contributed by atoms with Crippen molar-refractivity contribution in [3.8, 4) is 17.2 Å². The number of nitrogens with one attached hydrogen (secondary N) is 1. The van der Waals surface area contributed by atoms with Gasteiger partial charge in [-0.15, -0.1) is 0 Å². The predicted octanol–water partition coefficient (Wildman–Crippen LogP) is 2.89. The summed E-state index contributed by atoms with van der Waals surface area (Å²) in [5, 5.41) is 3.17. The lowest BCUT2D eigenvalue weighted by Crippen LogP contribution is -2.40. The van der Waals surface area contributed by atoms with Gasteiger partial charge in [0.1, 0.15) is 35.7 Å². The first-order chi connectivity index (χ1) is 14.6. The highest BCUT2D eigenvalue weighted by Gasteiger charge is 2.30. The van der Waals surface area contributed by atoms with Crippen molar-refractivity contribution in [2.45, 2.75) is 12.5 Å². The van der Waals surface area contributed by atoms with Crippen LogP contribution in [0.3, 0.4) is 0 Å². The predicted molar refractivity (Wildman–Crippen MR) is 112 cm³/mol. The van der Waals surface area contributed by atoms with E-state index in [9.17, 15) is 4.79 Å². The van der Waals surface area contributed by atoms with Crippen LogP contribution in [-0.4, -0.2) is 36.3 Å². The van der Waals surface area contributed by atoms with E-state index in [0.717, 1.165) is 22.7 Å². The molecule has 2 atom stereocenters. The second-order valence-electron chi connectivity index (χ2n) is 7.30. The molecule has 0 bridgehead atoms. The molecule has 0 unspecified atom stereocenters. The van der Waals surface area contributed by atoms with Crippen molar-refractivity contribution in [1.82, 2.24) is 14.9 Å². The fourth-order valence-corrected chi connectivity index (χ4v) is 3.70. The molecule has 0 fully saturated rings. The quantitative estimate of drug-likeness (QED) is 0.680. The number of hydrogen-bond acceptors (Lipinski definition) is 5. The summed E-state index contributed by atoms with van der Waals surface area (Å²) in [5.74, 6) is 2.49. The van der Waals surface area contributed by atoms with Gasteiger partial charge in [0, 0.05) is 25.5 Å². The van der Waals surface area contributed by atoms with Crippen LogP contribution in [0.2, 0.25) is 0 Å². The van der Waals surface area contributed by atoms with Crippen molar-refractivity contribution < 1.29 is 19.0 Å². The lowest BCUT2D eigenvalue weighted by Gasteiger charge is -2.27. The van der Waals surface area contributed by atoms with Gasteiger partial charge in [-0.2, -0.15) is 0 Å². The molecule has 1 amide bonds. The van der Waals surface area contributed by atoms with E-state index in [1.807, 2.05) is 54.2 Å². The van der Waals surface area contributed by atoms with Crippen LogP contribution < -0.4 is 19.5 Å². The number of aryl methyl sites for hydroxylation is 1. The summed E-state index contributed by atoms with van der Waals surface area (Å²) < 4.78 is 18.5. The van der Waals surface area contributed by atoms with Gasteiger partial charge in [-0.1, -0.05) is 18.2 Å². The Morgan fingerprint density at radius 2 is 1.93 bits per heavy atom. The van der Waals surface area contributed by atoms with Crippen molar-refractivity contribution in [3.05, 3.63) is 71.8 Å². The minimum Gasteiger partial charge on any atom is -0.497 e. The van der Waals surface area contributed by atoms with E-state index in [1.165, 1.54) is 0 Å². The number of nitrogens with zero attached hydrogens (tertiary/aromatic N) is 2. The molecular weight excluding hydrogens is 382 g/mol. The van der Waals surface area contributed by atoms with Crippen LogP contribution in [0, 0.1) is 5.92 Å². The third-order valence-electron chi connectivity index (χ3n) is 5.36. The average Bonchev–Trinajstić information content (AvgIpc) is 3.21. The number of rotatable bonds is 6. The minimum absolute atomic E-state index is 0.0840. The van der Waals surface area contributed by atoms with E-state index in [-0.39, 0.29) is 11.8 Å². The van der Waals surface area contributed by atoms with Gasteiger partial charge in [0.05, 0.1) is 20.1 Å². The maximum absolute atomic E-state index is 13.2. The van der Waals surface area contributed by atoms with Crippen LogP contribution >= 0.6 is 0 Å². The van der Waals surface area contributed by atoms with Crippen LogP contribution in [0.15, 0.2) is 54.9 Å². The third-order valence-corrected chi connectivity index (χ3v) is 5.36. The van der Waals surface area contributed by atoms with E-state index in [2.05, 4.69) is 10.3 Å². The van der Waals surface area contributed by atoms with Gasteiger partial charge in [0.15, 0.2) is 0 Å². The summed E-state index contributed by atoms with van der Waals surface area (Å²) in [7, 11) is 5.10. The summed E-state index contributed by atoms with van der Waals surface area (Å²) >= 11 is 0. The molecule has 2 aromatic carbocycles. The molecule has 7 nitrogen and oxygen atoms in total. The van der Waals surface area contributed by atoms with Crippen LogP contribution in [0.25, 0.3) is 0 Å². The maximum Gasteiger partial charge on any atom is 0.227 e. The standard InChI is InChI=1S/C23H25N3O4/c1-26-9-8-24-22(26)21(16-11-18(28-2)13-19(12-16)29-3)25-23(27)17-10-15-6-4-5-7-20(15)30-14-17/h4-9,11-13,17,21H,10,14H2,1-3H3,(H,25,27)/t17-,21+/m1/s1. The van der Waals surface area contributed by atoms with Crippen molar-refractivity contribution in [1.29, 1.82) is 0 Å². The molecule has 0 saturated carbocycles. The minimum atomic E-state index is -0.460. The smallest absolute Gasteiger partial charge is 0.227 e. The van der Waals surface area contributed by atoms with Crippen LogP contribution in [0.5, 0.6) is 17.2 Å². The highest BCUT2D eigenvalue weighted by Crippen LogP contribution is 2.31. The molecule has 4 rings (SSSR count). The lowest BCUT2D eigenvalue weighted by molar-refractivity contribution is -0.126. The van der Waals surface area contributed by atoms with Crippen molar-refractivity contribution >= 4 is 5.91 Å².